The Morgan fingerprint density at radius 3 is 2.35 bits per heavy atom. The standard InChI is InChI=1S/C29H32N4O3S/c1-35-25-16-15-23(20-26(25)36-2)17-18-30-28(34)14-9-19-37-29-32-31-27(21-22-10-5-3-6-11-22)33(29)24-12-7-4-8-13-24/h3-8,10-13,15-16,20H,9,14,17-19,21H2,1-2H3,(H,30,34). The van der Waals surface area contributed by atoms with Gasteiger partial charge >= 0.3 is 0 Å². The second-order valence-corrected chi connectivity index (χ2v) is 9.54. The van der Waals surface area contributed by atoms with E-state index in [9.17, 15) is 4.79 Å². The van der Waals surface area contributed by atoms with Crippen molar-refractivity contribution in [2.45, 2.75) is 30.8 Å². The van der Waals surface area contributed by atoms with Crippen molar-refractivity contribution in [1.82, 2.24) is 20.1 Å². The van der Waals surface area contributed by atoms with E-state index in [4.69, 9.17) is 9.47 Å². The highest BCUT2D eigenvalue weighted by Gasteiger charge is 2.15. The summed E-state index contributed by atoms with van der Waals surface area (Å²) in [6, 6.07) is 26.2. The molecule has 0 aliphatic carbocycles. The molecule has 3 aromatic carbocycles. The first-order chi connectivity index (χ1) is 18.2. The second kappa shape index (κ2) is 13.5. The zero-order chi connectivity index (χ0) is 25.9. The highest BCUT2D eigenvalue weighted by molar-refractivity contribution is 7.99. The second-order valence-electron chi connectivity index (χ2n) is 8.47. The number of benzene rings is 3. The molecule has 4 aromatic rings. The van der Waals surface area contributed by atoms with Crippen molar-refractivity contribution in [3.05, 3.63) is 95.8 Å². The quantitative estimate of drug-likeness (QED) is 0.197. The molecule has 0 saturated heterocycles. The summed E-state index contributed by atoms with van der Waals surface area (Å²) in [4.78, 5) is 12.4. The van der Waals surface area contributed by atoms with Crippen LogP contribution in [-0.4, -0.2) is 47.2 Å². The van der Waals surface area contributed by atoms with Crippen molar-refractivity contribution in [3.63, 3.8) is 0 Å². The average Bonchev–Trinajstić information content (AvgIpc) is 3.34. The predicted molar refractivity (Wildman–Crippen MR) is 147 cm³/mol. The molecule has 0 unspecified atom stereocenters. The number of hydrogen-bond acceptors (Lipinski definition) is 6. The molecule has 0 fully saturated rings. The number of carbonyl (C=O) groups excluding carboxylic acids is 1. The molecule has 1 amide bonds. The molecule has 0 bridgehead atoms. The number of amides is 1. The van der Waals surface area contributed by atoms with E-state index >= 15 is 0 Å². The highest BCUT2D eigenvalue weighted by Crippen LogP contribution is 2.28. The van der Waals surface area contributed by atoms with Crippen LogP contribution in [0.2, 0.25) is 0 Å². The van der Waals surface area contributed by atoms with Crippen LogP contribution in [0.4, 0.5) is 0 Å². The van der Waals surface area contributed by atoms with Gasteiger partial charge in [-0.25, -0.2) is 0 Å². The van der Waals surface area contributed by atoms with Gasteiger partial charge in [0.2, 0.25) is 5.91 Å². The Labute approximate surface area is 222 Å². The van der Waals surface area contributed by atoms with E-state index in [1.807, 2.05) is 54.6 Å². The number of nitrogens with one attached hydrogen (secondary N) is 1. The summed E-state index contributed by atoms with van der Waals surface area (Å²) in [5.41, 5.74) is 3.31. The zero-order valence-electron chi connectivity index (χ0n) is 21.2. The van der Waals surface area contributed by atoms with Gasteiger partial charge in [-0.1, -0.05) is 66.4 Å². The van der Waals surface area contributed by atoms with E-state index in [-0.39, 0.29) is 5.91 Å². The summed E-state index contributed by atoms with van der Waals surface area (Å²) in [7, 11) is 3.24. The number of aromatic nitrogens is 3. The third-order valence-corrected chi connectivity index (χ3v) is 6.90. The van der Waals surface area contributed by atoms with Gasteiger partial charge in [0, 0.05) is 30.8 Å². The number of hydrogen-bond donors (Lipinski definition) is 1. The van der Waals surface area contributed by atoms with Gasteiger partial charge in [-0.2, -0.15) is 0 Å². The molecule has 1 heterocycles. The number of ether oxygens (including phenoxy) is 2. The van der Waals surface area contributed by atoms with E-state index < -0.39 is 0 Å². The highest BCUT2D eigenvalue weighted by atomic mass is 32.2. The molecule has 0 saturated carbocycles. The average molecular weight is 517 g/mol. The molecule has 0 radical (unpaired) electrons. The van der Waals surface area contributed by atoms with Crippen LogP contribution >= 0.6 is 11.8 Å². The van der Waals surface area contributed by atoms with Gasteiger partial charge in [0.25, 0.3) is 0 Å². The van der Waals surface area contributed by atoms with Crippen molar-refractivity contribution in [3.8, 4) is 17.2 Å². The minimum absolute atomic E-state index is 0.0513. The molecule has 8 heteroatoms. The lowest BCUT2D eigenvalue weighted by Crippen LogP contribution is -2.25. The van der Waals surface area contributed by atoms with Gasteiger partial charge in [-0.3, -0.25) is 9.36 Å². The fraction of sp³-hybridized carbons (Fsp3) is 0.276. The molecular weight excluding hydrogens is 484 g/mol. The van der Waals surface area contributed by atoms with Crippen LogP contribution in [0.25, 0.3) is 5.69 Å². The number of thioether (sulfide) groups is 1. The number of para-hydroxylation sites is 1. The van der Waals surface area contributed by atoms with Crippen LogP contribution in [0.3, 0.4) is 0 Å². The molecular formula is C29H32N4O3S. The Balaban J connectivity index is 1.27. The Kier molecular flexibility index (Phi) is 9.60. The molecule has 37 heavy (non-hydrogen) atoms. The molecule has 1 N–H and O–H groups in total. The maximum absolute atomic E-state index is 12.4. The van der Waals surface area contributed by atoms with Gasteiger partial charge in [0.15, 0.2) is 16.7 Å². The third-order valence-electron chi connectivity index (χ3n) is 5.88. The molecule has 1 aromatic heterocycles. The van der Waals surface area contributed by atoms with Crippen molar-refractivity contribution < 1.29 is 14.3 Å². The Bertz CT molecular complexity index is 1280. The number of nitrogens with zero attached hydrogens (tertiary/aromatic N) is 3. The van der Waals surface area contributed by atoms with Gasteiger partial charge < -0.3 is 14.8 Å². The SMILES string of the molecule is COc1ccc(CCNC(=O)CCCSc2nnc(Cc3ccccc3)n2-c2ccccc2)cc1OC. The summed E-state index contributed by atoms with van der Waals surface area (Å²) in [6.45, 7) is 0.576. The normalized spacial score (nSPS) is 10.8. The van der Waals surface area contributed by atoms with Crippen LogP contribution in [-0.2, 0) is 17.6 Å². The minimum atomic E-state index is 0.0513. The Hall–Kier alpha value is -3.78. The monoisotopic (exact) mass is 516 g/mol. The van der Waals surface area contributed by atoms with Gasteiger partial charge in [0.1, 0.15) is 5.82 Å². The summed E-state index contributed by atoms with van der Waals surface area (Å²) in [5.74, 6) is 3.12. The summed E-state index contributed by atoms with van der Waals surface area (Å²) >= 11 is 1.63. The molecule has 192 valence electrons. The first-order valence-electron chi connectivity index (χ1n) is 12.3. The summed E-state index contributed by atoms with van der Waals surface area (Å²) in [5, 5.41) is 12.8. The van der Waals surface area contributed by atoms with E-state index in [1.165, 1.54) is 5.56 Å². The zero-order valence-corrected chi connectivity index (χ0v) is 22.0. The number of rotatable bonds is 13. The summed E-state index contributed by atoms with van der Waals surface area (Å²) < 4.78 is 12.7. The van der Waals surface area contributed by atoms with Crippen LogP contribution in [0.5, 0.6) is 11.5 Å². The Morgan fingerprint density at radius 2 is 1.62 bits per heavy atom. The summed E-state index contributed by atoms with van der Waals surface area (Å²) in [6.07, 6.45) is 2.65. The smallest absolute Gasteiger partial charge is 0.220 e. The lowest BCUT2D eigenvalue weighted by atomic mass is 10.1. The maximum Gasteiger partial charge on any atom is 0.220 e. The molecule has 0 aliphatic heterocycles. The third kappa shape index (κ3) is 7.36. The lowest BCUT2D eigenvalue weighted by molar-refractivity contribution is -0.121. The topological polar surface area (TPSA) is 78.3 Å². The van der Waals surface area contributed by atoms with Crippen molar-refractivity contribution >= 4 is 17.7 Å². The van der Waals surface area contributed by atoms with Gasteiger partial charge in [-0.15, -0.1) is 10.2 Å². The fourth-order valence-corrected chi connectivity index (χ4v) is 4.90. The van der Waals surface area contributed by atoms with Gasteiger partial charge in [0.05, 0.1) is 14.2 Å². The molecule has 4 rings (SSSR count). The van der Waals surface area contributed by atoms with Crippen molar-refractivity contribution in [2.75, 3.05) is 26.5 Å². The first-order valence-corrected chi connectivity index (χ1v) is 13.3. The van der Waals surface area contributed by atoms with Crippen LogP contribution in [0.15, 0.2) is 84.0 Å². The maximum atomic E-state index is 12.4. The van der Waals surface area contributed by atoms with E-state index in [1.54, 1.807) is 26.0 Å². The van der Waals surface area contributed by atoms with Crippen LogP contribution in [0.1, 0.15) is 29.8 Å². The van der Waals surface area contributed by atoms with E-state index in [0.29, 0.717) is 30.9 Å². The minimum Gasteiger partial charge on any atom is -0.493 e. The fourth-order valence-electron chi connectivity index (χ4n) is 3.99. The largest absolute Gasteiger partial charge is 0.493 e. The Morgan fingerprint density at radius 1 is 0.892 bits per heavy atom. The lowest BCUT2D eigenvalue weighted by Gasteiger charge is -2.11. The van der Waals surface area contributed by atoms with Gasteiger partial charge in [-0.05, 0) is 48.2 Å². The number of carbonyl (C=O) groups is 1. The van der Waals surface area contributed by atoms with Crippen LogP contribution in [0, 0.1) is 0 Å². The van der Waals surface area contributed by atoms with E-state index in [0.717, 1.165) is 40.8 Å². The van der Waals surface area contributed by atoms with Crippen molar-refractivity contribution in [2.24, 2.45) is 0 Å². The molecule has 0 atom stereocenters. The molecule has 7 nitrogen and oxygen atoms in total. The van der Waals surface area contributed by atoms with Crippen LogP contribution < -0.4 is 14.8 Å². The molecule has 0 spiro atoms. The number of methoxy groups -OCH3 is 2. The van der Waals surface area contributed by atoms with E-state index in [2.05, 4.69) is 44.3 Å². The van der Waals surface area contributed by atoms with Crippen molar-refractivity contribution in [1.29, 1.82) is 0 Å². The predicted octanol–water partition coefficient (Wildman–Crippen LogP) is 5.11. The molecule has 0 aliphatic rings. The first kappa shape index (κ1) is 26.3.